The second-order valence-electron chi connectivity index (χ2n) is 6.10. The van der Waals surface area contributed by atoms with Gasteiger partial charge < -0.3 is 4.57 Å². The van der Waals surface area contributed by atoms with Gasteiger partial charge in [-0.1, -0.05) is 65.8 Å². The lowest BCUT2D eigenvalue weighted by molar-refractivity contribution is 0.667. The Bertz CT molecular complexity index is 810. The summed E-state index contributed by atoms with van der Waals surface area (Å²) in [6, 6.07) is 18.5. The molecule has 0 unspecified atom stereocenters. The minimum absolute atomic E-state index is 0.589. The molecule has 1 heterocycles. The highest BCUT2D eigenvalue weighted by molar-refractivity contribution is 7.98. The Morgan fingerprint density at radius 2 is 1.71 bits per heavy atom. The lowest BCUT2D eigenvalue weighted by Gasteiger charge is -2.10. The van der Waals surface area contributed by atoms with Crippen molar-refractivity contribution in [2.24, 2.45) is 0 Å². The molecule has 1 fully saturated rings. The Morgan fingerprint density at radius 3 is 2.42 bits per heavy atom. The van der Waals surface area contributed by atoms with Crippen LogP contribution in [-0.2, 0) is 12.3 Å². The number of halogens is 1. The Balaban J connectivity index is 1.54. The van der Waals surface area contributed by atoms with E-state index in [9.17, 15) is 0 Å². The van der Waals surface area contributed by atoms with Crippen LogP contribution < -0.4 is 0 Å². The van der Waals surface area contributed by atoms with Gasteiger partial charge in [0, 0.05) is 16.7 Å². The van der Waals surface area contributed by atoms with E-state index in [1.165, 1.54) is 24.0 Å². The van der Waals surface area contributed by atoms with Crippen LogP contribution in [0.2, 0.25) is 5.02 Å². The first-order valence-corrected chi connectivity index (χ1v) is 9.50. The first-order chi connectivity index (χ1) is 11.8. The molecule has 5 heteroatoms. The molecule has 1 aliphatic carbocycles. The molecule has 0 amide bonds. The third kappa shape index (κ3) is 3.65. The fourth-order valence-corrected chi connectivity index (χ4v) is 3.72. The zero-order valence-electron chi connectivity index (χ0n) is 13.2. The molecule has 2 aromatic carbocycles. The molecule has 0 bridgehead atoms. The second kappa shape index (κ2) is 6.99. The van der Waals surface area contributed by atoms with Crippen molar-refractivity contribution >= 4 is 23.4 Å². The minimum Gasteiger partial charge on any atom is -0.301 e. The minimum atomic E-state index is 0.589. The van der Waals surface area contributed by atoms with Gasteiger partial charge in [0.1, 0.15) is 5.82 Å². The highest BCUT2D eigenvalue weighted by Gasteiger charge is 2.30. The van der Waals surface area contributed by atoms with Gasteiger partial charge in [0.2, 0.25) is 0 Å². The number of thioether (sulfide) groups is 1. The third-order valence-electron chi connectivity index (χ3n) is 4.15. The molecule has 3 aromatic rings. The van der Waals surface area contributed by atoms with Crippen LogP contribution in [0, 0.1) is 0 Å². The van der Waals surface area contributed by atoms with E-state index in [1.807, 2.05) is 18.2 Å². The SMILES string of the molecule is Clc1ccc(CSc2nnc(C3CC3)n2Cc2ccccc2)cc1. The lowest BCUT2D eigenvalue weighted by Crippen LogP contribution is -2.06. The zero-order valence-corrected chi connectivity index (χ0v) is 14.8. The summed E-state index contributed by atoms with van der Waals surface area (Å²) in [7, 11) is 0. The fourth-order valence-electron chi connectivity index (χ4n) is 2.69. The molecule has 3 nitrogen and oxygen atoms in total. The molecule has 0 N–H and O–H groups in total. The van der Waals surface area contributed by atoms with E-state index in [0.717, 1.165) is 28.3 Å². The van der Waals surface area contributed by atoms with Crippen molar-refractivity contribution in [3.8, 4) is 0 Å². The van der Waals surface area contributed by atoms with Crippen LogP contribution in [0.4, 0.5) is 0 Å². The molecule has 1 saturated carbocycles. The van der Waals surface area contributed by atoms with E-state index in [4.69, 9.17) is 11.6 Å². The highest BCUT2D eigenvalue weighted by atomic mass is 35.5. The molecule has 1 aromatic heterocycles. The molecule has 4 rings (SSSR count). The summed E-state index contributed by atoms with van der Waals surface area (Å²) in [4.78, 5) is 0. The summed E-state index contributed by atoms with van der Waals surface area (Å²) in [5.41, 5.74) is 2.53. The van der Waals surface area contributed by atoms with Gasteiger partial charge >= 0.3 is 0 Å². The number of rotatable bonds is 6. The summed E-state index contributed by atoms with van der Waals surface area (Å²) in [5, 5.41) is 10.7. The number of hydrogen-bond donors (Lipinski definition) is 0. The average molecular weight is 356 g/mol. The van der Waals surface area contributed by atoms with Gasteiger partial charge in [-0.3, -0.25) is 0 Å². The quantitative estimate of drug-likeness (QED) is 0.573. The molecule has 0 radical (unpaired) electrons. The van der Waals surface area contributed by atoms with Crippen molar-refractivity contribution in [1.29, 1.82) is 0 Å². The van der Waals surface area contributed by atoms with Gasteiger partial charge in [0.05, 0.1) is 6.54 Å². The normalized spacial score (nSPS) is 14.0. The fraction of sp³-hybridized carbons (Fsp3) is 0.263. The molecule has 24 heavy (non-hydrogen) atoms. The topological polar surface area (TPSA) is 30.7 Å². The largest absolute Gasteiger partial charge is 0.301 e. The van der Waals surface area contributed by atoms with E-state index in [2.05, 4.69) is 51.2 Å². The molecule has 0 saturated heterocycles. The van der Waals surface area contributed by atoms with Crippen LogP contribution in [0.15, 0.2) is 59.8 Å². The summed E-state index contributed by atoms with van der Waals surface area (Å²) in [5.74, 6) is 2.60. The van der Waals surface area contributed by atoms with Gasteiger partial charge in [-0.05, 0) is 36.1 Å². The second-order valence-corrected chi connectivity index (χ2v) is 7.48. The number of hydrogen-bond acceptors (Lipinski definition) is 3. The molecule has 0 spiro atoms. The maximum absolute atomic E-state index is 5.96. The smallest absolute Gasteiger partial charge is 0.191 e. The molecule has 0 aliphatic heterocycles. The van der Waals surface area contributed by atoms with Crippen molar-refractivity contribution in [3.63, 3.8) is 0 Å². The van der Waals surface area contributed by atoms with Crippen molar-refractivity contribution in [3.05, 3.63) is 76.6 Å². The van der Waals surface area contributed by atoms with Crippen molar-refractivity contribution in [2.45, 2.75) is 36.2 Å². The van der Waals surface area contributed by atoms with Gasteiger partial charge in [-0.25, -0.2) is 0 Å². The third-order valence-corrected chi connectivity index (χ3v) is 5.44. The Hall–Kier alpha value is -1.78. The highest BCUT2D eigenvalue weighted by Crippen LogP contribution is 2.40. The molecule has 0 atom stereocenters. The Labute approximate surface area is 151 Å². The maximum atomic E-state index is 5.96. The molecule has 122 valence electrons. The standard InChI is InChI=1S/C19H18ClN3S/c20-17-10-6-15(7-11-17)13-24-19-22-21-18(16-8-9-16)23(19)12-14-4-2-1-3-5-14/h1-7,10-11,16H,8-9,12-13H2. The monoisotopic (exact) mass is 355 g/mol. The summed E-state index contributed by atoms with van der Waals surface area (Å²) >= 11 is 7.69. The van der Waals surface area contributed by atoms with E-state index in [-0.39, 0.29) is 0 Å². The predicted octanol–water partition coefficient (Wildman–Crippen LogP) is 5.15. The van der Waals surface area contributed by atoms with Crippen LogP contribution in [0.5, 0.6) is 0 Å². The first kappa shape index (κ1) is 15.7. The summed E-state index contributed by atoms with van der Waals surface area (Å²) in [6.07, 6.45) is 2.46. The predicted molar refractivity (Wildman–Crippen MR) is 98.6 cm³/mol. The van der Waals surface area contributed by atoms with Gasteiger partial charge in [-0.2, -0.15) is 0 Å². The van der Waals surface area contributed by atoms with Gasteiger partial charge in [0.25, 0.3) is 0 Å². The lowest BCUT2D eigenvalue weighted by atomic mass is 10.2. The van der Waals surface area contributed by atoms with Crippen LogP contribution in [0.3, 0.4) is 0 Å². The van der Waals surface area contributed by atoms with E-state index >= 15 is 0 Å². The summed E-state index contributed by atoms with van der Waals surface area (Å²) < 4.78 is 2.29. The van der Waals surface area contributed by atoms with E-state index in [1.54, 1.807) is 11.8 Å². The molecular formula is C19H18ClN3S. The van der Waals surface area contributed by atoms with Crippen molar-refractivity contribution in [2.75, 3.05) is 0 Å². The zero-order chi connectivity index (χ0) is 16.4. The van der Waals surface area contributed by atoms with E-state index < -0.39 is 0 Å². The Kier molecular flexibility index (Phi) is 4.58. The maximum Gasteiger partial charge on any atom is 0.191 e. The Morgan fingerprint density at radius 1 is 0.958 bits per heavy atom. The van der Waals surface area contributed by atoms with Crippen LogP contribution in [-0.4, -0.2) is 14.8 Å². The van der Waals surface area contributed by atoms with E-state index in [0.29, 0.717) is 5.92 Å². The number of nitrogens with zero attached hydrogens (tertiary/aromatic N) is 3. The van der Waals surface area contributed by atoms with Crippen molar-refractivity contribution < 1.29 is 0 Å². The van der Waals surface area contributed by atoms with Gasteiger partial charge in [0.15, 0.2) is 5.16 Å². The van der Waals surface area contributed by atoms with Gasteiger partial charge in [-0.15, -0.1) is 10.2 Å². The number of aromatic nitrogens is 3. The average Bonchev–Trinajstić information content (AvgIpc) is 3.38. The molecular weight excluding hydrogens is 338 g/mol. The van der Waals surface area contributed by atoms with Crippen LogP contribution in [0.25, 0.3) is 0 Å². The number of benzene rings is 2. The molecule has 1 aliphatic rings. The summed E-state index contributed by atoms with van der Waals surface area (Å²) in [6.45, 7) is 0.836. The van der Waals surface area contributed by atoms with Crippen LogP contribution in [0.1, 0.15) is 35.7 Å². The first-order valence-electron chi connectivity index (χ1n) is 8.14. The van der Waals surface area contributed by atoms with Crippen LogP contribution >= 0.6 is 23.4 Å². The van der Waals surface area contributed by atoms with Crippen molar-refractivity contribution in [1.82, 2.24) is 14.8 Å².